The summed E-state index contributed by atoms with van der Waals surface area (Å²) in [5.74, 6) is -1.68. The van der Waals surface area contributed by atoms with Gasteiger partial charge in [-0.2, -0.15) is 4.72 Å². The van der Waals surface area contributed by atoms with Gasteiger partial charge in [-0.05, 0) is 80.5 Å². The number of hydrogen-bond acceptors (Lipinski definition) is 5. The van der Waals surface area contributed by atoms with Gasteiger partial charge in [-0.3, -0.25) is 10.2 Å². The molecule has 10 nitrogen and oxygen atoms in total. The maximum atomic E-state index is 13.4. The number of likely N-dealkylation sites (tertiary alicyclic amines) is 1. The Morgan fingerprint density at radius 3 is 2.65 bits per heavy atom. The molecule has 34 heavy (non-hydrogen) atoms. The van der Waals surface area contributed by atoms with Crippen LogP contribution in [-0.4, -0.2) is 61.4 Å². The van der Waals surface area contributed by atoms with Crippen molar-refractivity contribution in [1.29, 1.82) is 5.41 Å². The Morgan fingerprint density at radius 2 is 1.97 bits per heavy atom. The minimum absolute atomic E-state index is 0.106. The van der Waals surface area contributed by atoms with E-state index in [2.05, 4.69) is 10.0 Å². The smallest absolute Gasteiger partial charge is 0.326 e. The number of piperidine rings is 1. The number of aliphatic carboxylic acids is 1. The second-order valence-electron chi connectivity index (χ2n) is 9.31. The molecule has 0 unspecified atom stereocenters. The third-order valence-corrected chi connectivity index (χ3v) is 8.11. The number of benzene rings is 1. The lowest BCUT2D eigenvalue weighted by Crippen LogP contribution is -2.56. The number of nitrogens with one attached hydrogen (secondary N) is 3. The van der Waals surface area contributed by atoms with Gasteiger partial charge < -0.3 is 21.1 Å². The first-order valence-electron chi connectivity index (χ1n) is 11.8. The van der Waals surface area contributed by atoms with Gasteiger partial charge in [0.1, 0.15) is 12.1 Å². The Hall–Kier alpha value is -2.66. The zero-order valence-electron chi connectivity index (χ0n) is 19.5. The Kier molecular flexibility index (Phi) is 8.53. The number of guanidine groups is 1. The van der Waals surface area contributed by atoms with Gasteiger partial charge in [0.25, 0.3) is 0 Å². The van der Waals surface area contributed by atoms with Crippen LogP contribution in [0.25, 0.3) is 0 Å². The van der Waals surface area contributed by atoms with Crippen LogP contribution >= 0.6 is 0 Å². The van der Waals surface area contributed by atoms with E-state index in [1.165, 1.54) is 4.90 Å². The van der Waals surface area contributed by atoms with Crippen LogP contribution in [0.1, 0.15) is 56.6 Å². The standard InChI is InChI=1S/C23H35N5O5S/c1-15-10-12-28(20(13-15)22(30)31)21(29)19(7-4-11-26-23(24)25)27-34(32,33)18-9-8-16-5-2-3-6-17(16)14-18/h8-9,14-15,19-20,27H,2-7,10-13H2,1H3,(H,30,31)(H4,24,25,26)/t15-,19+,20-/m1/s1. The molecule has 0 bridgehead atoms. The number of amides is 1. The molecule has 3 rings (SSSR count). The molecular formula is C23H35N5O5S. The Labute approximate surface area is 200 Å². The minimum Gasteiger partial charge on any atom is -0.480 e. The summed E-state index contributed by atoms with van der Waals surface area (Å²) in [5.41, 5.74) is 7.47. The number of nitrogens with zero attached hydrogens (tertiary/aromatic N) is 1. The summed E-state index contributed by atoms with van der Waals surface area (Å²) in [7, 11) is -4.01. The lowest BCUT2D eigenvalue weighted by atomic mass is 9.91. The van der Waals surface area contributed by atoms with Crippen molar-refractivity contribution in [2.45, 2.75) is 75.3 Å². The van der Waals surface area contributed by atoms with Crippen LogP contribution in [0.5, 0.6) is 0 Å². The minimum atomic E-state index is -4.01. The van der Waals surface area contributed by atoms with Gasteiger partial charge in [-0.15, -0.1) is 0 Å². The van der Waals surface area contributed by atoms with E-state index in [9.17, 15) is 23.1 Å². The topological polar surface area (TPSA) is 166 Å². The highest BCUT2D eigenvalue weighted by Gasteiger charge is 2.38. The van der Waals surface area contributed by atoms with Crippen LogP contribution in [0.2, 0.25) is 0 Å². The fourth-order valence-electron chi connectivity index (χ4n) is 4.73. The van der Waals surface area contributed by atoms with Gasteiger partial charge >= 0.3 is 5.97 Å². The molecule has 6 N–H and O–H groups in total. The monoisotopic (exact) mass is 493 g/mol. The largest absolute Gasteiger partial charge is 0.480 e. The van der Waals surface area contributed by atoms with Gasteiger partial charge in [-0.1, -0.05) is 13.0 Å². The molecule has 1 aromatic rings. The van der Waals surface area contributed by atoms with Crippen molar-refractivity contribution in [1.82, 2.24) is 14.9 Å². The molecule has 11 heteroatoms. The third-order valence-electron chi connectivity index (χ3n) is 6.64. The van der Waals surface area contributed by atoms with E-state index in [0.29, 0.717) is 25.8 Å². The maximum absolute atomic E-state index is 13.4. The van der Waals surface area contributed by atoms with E-state index in [1.54, 1.807) is 12.1 Å². The molecule has 1 aliphatic heterocycles. The SMILES string of the molecule is C[C@@H]1CCN(C(=O)[C@H](CCCNC(=N)N)NS(=O)(=O)c2ccc3c(c2)CCCC3)[C@@H](C(=O)O)C1. The predicted octanol–water partition coefficient (Wildman–Crippen LogP) is 1.19. The Balaban J connectivity index is 1.82. The highest BCUT2D eigenvalue weighted by Crippen LogP contribution is 2.26. The summed E-state index contributed by atoms with van der Waals surface area (Å²) in [6.45, 7) is 2.50. The average molecular weight is 494 g/mol. The van der Waals surface area contributed by atoms with Crippen molar-refractivity contribution < 1.29 is 23.1 Å². The molecule has 0 radical (unpaired) electrons. The van der Waals surface area contributed by atoms with E-state index in [0.717, 1.165) is 36.8 Å². The first-order chi connectivity index (χ1) is 16.1. The van der Waals surface area contributed by atoms with E-state index in [1.807, 2.05) is 13.0 Å². The summed E-state index contributed by atoms with van der Waals surface area (Å²) in [4.78, 5) is 26.7. The number of carboxylic acids is 1. The van der Waals surface area contributed by atoms with E-state index < -0.39 is 34.0 Å². The first-order valence-corrected chi connectivity index (χ1v) is 13.3. The number of fused-ring (bicyclic) bond motifs is 1. The zero-order valence-corrected chi connectivity index (χ0v) is 20.4. The molecule has 1 heterocycles. The van der Waals surface area contributed by atoms with Crippen molar-refractivity contribution >= 4 is 27.9 Å². The maximum Gasteiger partial charge on any atom is 0.326 e. The molecule has 1 saturated heterocycles. The number of aryl methyl sites for hydroxylation is 2. The number of carbonyl (C=O) groups is 2. The number of carboxylic acid groups (broad SMARTS) is 1. The van der Waals surface area contributed by atoms with Crippen molar-refractivity contribution in [3.63, 3.8) is 0 Å². The van der Waals surface area contributed by atoms with Crippen molar-refractivity contribution in [2.24, 2.45) is 11.7 Å². The summed E-state index contributed by atoms with van der Waals surface area (Å²) in [5, 5.41) is 19.6. The number of rotatable bonds is 9. The van der Waals surface area contributed by atoms with Crippen LogP contribution < -0.4 is 15.8 Å². The Bertz CT molecular complexity index is 1030. The molecule has 0 saturated carbocycles. The molecule has 188 valence electrons. The second kappa shape index (κ2) is 11.2. The highest BCUT2D eigenvalue weighted by molar-refractivity contribution is 7.89. The molecule has 1 aromatic carbocycles. The van der Waals surface area contributed by atoms with Crippen LogP contribution in [0.3, 0.4) is 0 Å². The summed E-state index contributed by atoms with van der Waals surface area (Å²) < 4.78 is 29.1. The van der Waals surface area contributed by atoms with Crippen LogP contribution in [0, 0.1) is 11.3 Å². The second-order valence-corrected chi connectivity index (χ2v) is 11.0. The first kappa shape index (κ1) is 26.0. The quantitative estimate of drug-likeness (QED) is 0.196. The third kappa shape index (κ3) is 6.47. The van der Waals surface area contributed by atoms with E-state index >= 15 is 0 Å². The summed E-state index contributed by atoms with van der Waals surface area (Å²) >= 11 is 0. The molecule has 3 atom stereocenters. The zero-order chi connectivity index (χ0) is 24.9. The average Bonchev–Trinajstić information content (AvgIpc) is 2.80. The molecule has 0 spiro atoms. The normalized spacial score (nSPS) is 21.4. The summed E-state index contributed by atoms with van der Waals surface area (Å²) in [6, 6.07) is 2.97. The molecule has 2 aliphatic rings. The van der Waals surface area contributed by atoms with Crippen LogP contribution in [0.15, 0.2) is 23.1 Å². The molecule has 0 aromatic heterocycles. The fraction of sp³-hybridized carbons (Fsp3) is 0.609. The number of nitrogens with two attached hydrogens (primary N) is 1. The lowest BCUT2D eigenvalue weighted by molar-refractivity contribution is -0.153. The van der Waals surface area contributed by atoms with Crippen molar-refractivity contribution in [3.05, 3.63) is 29.3 Å². The number of carbonyl (C=O) groups excluding carboxylic acids is 1. The predicted molar refractivity (Wildman–Crippen MR) is 128 cm³/mol. The van der Waals surface area contributed by atoms with Crippen LogP contribution in [-0.2, 0) is 32.5 Å². The van der Waals surface area contributed by atoms with Crippen LogP contribution in [0.4, 0.5) is 0 Å². The number of hydrogen-bond donors (Lipinski definition) is 5. The Morgan fingerprint density at radius 1 is 1.26 bits per heavy atom. The molecular weight excluding hydrogens is 458 g/mol. The van der Waals surface area contributed by atoms with E-state index in [4.69, 9.17) is 11.1 Å². The fourth-order valence-corrected chi connectivity index (χ4v) is 6.01. The summed E-state index contributed by atoms with van der Waals surface area (Å²) in [6.07, 6.45) is 5.34. The van der Waals surface area contributed by atoms with Gasteiger partial charge in [0.05, 0.1) is 4.90 Å². The highest BCUT2D eigenvalue weighted by atomic mass is 32.2. The number of sulfonamides is 1. The molecule has 1 fully saturated rings. The van der Waals surface area contributed by atoms with Gasteiger partial charge in [0.15, 0.2) is 5.96 Å². The van der Waals surface area contributed by atoms with Gasteiger partial charge in [0, 0.05) is 13.1 Å². The van der Waals surface area contributed by atoms with Gasteiger partial charge in [0.2, 0.25) is 15.9 Å². The lowest BCUT2D eigenvalue weighted by Gasteiger charge is -2.38. The van der Waals surface area contributed by atoms with Crippen molar-refractivity contribution in [3.8, 4) is 0 Å². The van der Waals surface area contributed by atoms with Crippen molar-refractivity contribution in [2.75, 3.05) is 13.1 Å². The van der Waals surface area contributed by atoms with E-state index in [-0.39, 0.29) is 29.7 Å². The molecule has 1 aliphatic carbocycles. The molecule has 1 amide bonds. The van der Waals surface area contributed by atoms with Gasteiger partial charge in [-0.25, -0.2) is 13.2 Å².